The Morgan fingerprint density at radius 3 is 2.80 bits per heavy atom. The van der Waals surface area contributed by atoms with Crippen LogP contribution in [0.15, 0.2) is 12.1 Å². The summed E-state index contributed by atoms with van der Waals surface area (Å²) in [6.07, 6.45) is -4.36. The first-order valence-corrected chi connectivity index (χ1v) is 6.46. The highest BCUT2D eigenvalue weighted by molar-refractivity contribution is 7.00. The summed E-state index contributed by atoms with van der Waals surface area (Å²) in [6, 6.07) is 3.17. The number of nitrogens with zero attached hydrogens (tertiary/aromatic N) is 2. The first-order valence-electron chi connectivity index (χ1n) is 5.35. The summed E-state index contributed by atoms with van der Waals surface area (Å²) in [5.41, 5.74) is 1.21. The molecule has 0 aliphatic heterocycles. The molecule has 0 fully saturated rings. The molecule has 0 unspecified atom stereocenters. The molecule has 0 radical (unpaired) electrons. The number of carbonyl (C=O) groups excluding carboxylic acids is 1. The average molecular weight is 325 g/mol. The fourth-order valence-electron chi connectivity index (χ4n) is 1.45. The number of benzene rings is 1. The summed E-state index contributed by atoms with van der Waals surface area (Å²) < 4.78 is 43.8. The molecule has 0 spiro atoms. The van der Waals surface area contributed by atoms with Crippen molar-refractivity contribution in [2.24, 2.45) is 0 Å². The van der Waals surface area contributed by atoms with Crippen LogP contribution < -0.4 is 10.6 Å². The lowest BCUT2D eigenvalue weighted by atomic mass is 10.2. The molecule has 0 aliphatic rings. The van der Waals surface area contributed by atoms with E-state index in [0.717, 1.165) is 11.7 Å². The van der Waals surface area contributed by atoms with E-state index in [9.17, 15) is 18.0 Å². The van der Waals surface area contributed by atoms with E-state index in [-0.39, 0.29) is 10.7 Å². The van der Waals surface area contributed by atoms with Gasteiger partial charge < -0.3 is 10.6 Å². The van der Waals surface area contributed by atoms with Gasteiger partial charge in [-0.3, -0.25) is 4.79 Å². The van der Waals surface area contributed by atoms with Crippen LogP contribution in [0.4, 0.5) is 18.9 Å². The van der Waals surface area contributed by atoms with Crippen LogP contribution in [0.1, 0.15) is 0 Å². The quantitative estimate of drug-likeness (QED) is 0.906. The Labute approximate surface area is 120 Å². The third kappa shape index (κ3) is 3.78. The first kappa shape index (κ1) is 14.9. The predicted octanol–water partition coefficient (Wildman–Crippen LogP) is 2.44. The standard InChI is InChI=1S/C10H8ClF3N4OS/c11-5-1-2-6-9(18-20-17-6)8(5)16-7(19)3-15-4-10(12,13)14/h1-2,15H,3-4H2,(H,16,19). The van der Waals surface area contributed by atoms with Gasteiger partial charge >= 0.3 is 6.18 Å². The number of halogens is 4. The summed E-state index contributed by atoms with van der Waals surface area (Å²) in [7, 11) is 0. The first-order chi connectivity index (χ1) is 9.37. The maximum absolute atomic E-state index is 11.9. The third-order valence-corrected chi connectivity index (χ3v) is 3.11. The van der Waals surface area contributed by atoms with Crippen LogP contribution in [0.3, 0.4) is 0 Å². The summed E-state index contributed by atoms with van der Waals surface area (Å²) >= 11 is 6.88. The fourth-order valence-corrected chi connectivity index (χ4v) is 2.19. The molecule has 2 rings (SSSR count). The third-order valence-electron chi connectivity index (χ3n) is 2.25. The Morgan fingerprint density at radius 1 is 1.35 bits per heavy atom. The van der Waals surface area contributed by atoms with Gasteiger partial charge in [-0.05, 0) is 12.1 Å². The second-order valence-corrected chi connectivity index (χ2v) is 4.76. The van der Waals surface area contributed by atoms with E-state index in [0.29, 0.717) is 11.0 Å². The number of rotatable bonds is 4. The summed E-state index contributed by atoms with van der Waals surface area (Å²) in [5.74, 6) is -0.642. The van der Waals surface area contributed by atoms with Gasteiger partial charge in [0.25, 0.3) is 0 Å². The van der Waals surface area contributed by atoms with Crippen molar-refractivity contribution in [3.8, 4) is 0 Å². The molecule has 1 aromatic carbocycles. The highest BCUT2D eigenvalue weighted by Crippen LogP contribution is 2.29. The van der Waals surface area contributed by atoms with Crippen LogP contribution in [-0.4, -0.2) is 33.9 Å². The molecule has 1 heterocycles. The van der Waals surface area contributed by atoms with Crippen molar-refractivity contribution in [2.75, 3.05) is 18.4 Å². The van der Waals surface area contributed by atoms with Crippen molar-refractivity contribution in [2.45, 2.75) is 6.18 Å². The Balaban J connectivity index is 2.03. The van der Waals surface area contributed by atoms with Crippen molar-refractivity contribution >= 4 is 46.0 Å². The molecule has 20 heavy (non-hydrogen) atoms. The van der Waals surface area contributed by atoms with Crippen molar-refractivity contribution in [1.29, 1.82) is 0 Å². The van der Waals surface area contributed by atoms with Gasteiger partial charge in [0.2, 0.25) is 5.91 Å². The van der Waals surface area contributed by atoms with Crippen molar-refractivity contribution in [1.82, 2.24) is 14.1 Å². The van der Waals surface area contributed by atoms with Gasteiger partial charge in [0.1, 0.15) is 11.0 Å². The van der Waals surface area contributed by atoms with Crippen molar-refractivity contribution < 1.29 is 18.0 Å². The molecule has 0 atom stereocenters. The van der Waals surface area contributed by atoms with Gasteiger partial charge in [0.05, 0.1) is 35.5 Å². The maximum atomic E-state index is 11.9. The minimum Gasteiger partial charge on any atom is -0.322 e. The van der Waals surface area contributed by atoms with Crippen LogP contribution in [0, 0.1) is 0 Å². The van der Waals surface area contributed by atoms with Crippen molar-refractivity contribution in [3.63, 3.8) is 0 Å². The molecule has 0 saturated heterocycles. The van der Waals surface area contributed by atoms with E-state index in [1.54, 1.807) is 6.07 Å². The zero-order chi connectivity index (χ0) is 14.8. The molecule has 1 amide bonds. The number of carbonyl (C=O) groups is 1. The van der Waals surface area contributed by atoms with E-state index in [4.69, 9.17) is 11.6 Å². The molecular formula is C10H8ClF3N4OS. The fraction of sp³-hybridized carbons (Fsp3) is 0.300. The lowest BCUT2D eigenvalue weighted by Gasteiger charge is -2.10. The van der Waals surface area contributed by atoms with E-state index in [1.807, 2.05) is 5.32 Å². The van der Waals surface area contributed by atoms with Gasteiger partial charge in [-0.1, -0.05) is 11.6 Å². The van der Waals surface area contributed by atoms with Crippen molar-refractivity contribution in [3.05, 3.63) is 17.2 Å². The molecule has 2 aromatic rings. The molecule has 5 nitrogen and oxygen atoms in total. The second kappa shape index (κ2) is 5.90. The van der Waals surface area contributed by atoms with Gasteiger partial charge in [-0.2, -0.15) is 21.9 Å². The predicted molar refractivity (Wildman–Crippen MR) is 70.0 cm³/mol. The van der Waals surface area contributed by atoms with E-state index >= 15 is 0 Å². The number of hydrogen-bond donors (Lipinski definition) is 2. The molecule has 108 valence electrons. The van der Waals surface area contributed by atoms with Gasteiger partial charge in [0.15, 0.2) is 0 Å². The smallest absolute Gasteiger partial charge is 0.322 e. The Bertz CT molecular complexity index is 630. The SMILES string of the molecule is O=C(CNCC(F)(F)F)Nc1c(Cl)ccc2nsnc12. The van der Waals surface area contributed by atoms with E-state index in [2.05, 4.69) is 14.1 Å². The number of nitrogens with one attached hydrogen (secondary N) is 2. The Kier molecular flexibility index (Phi) is 4.41. The number of alkyl halides is 3. The monoisotopic (exact) mass is 324 g/mol. The molecule has 1 aromatic heterocycles. The minimum atomic E-state index is -4.36. The van der Waals surface area contributed by atoms with Crippen LogP contribution >= 0.6 is 23.3 Å². The highest BCUT2D eigenvalue weighted by Gasteiger charge is 2.26. The molecule has 0 aliphatic carbocycles. The van der Waals surface area contributed by atoms with Gasteiger partial charge in [0, 0.05) is 0 Å². The Morgan fingerprint density at radius 2 is 2.10 bits per heavy atom. The zero-order valence-corrected chi connectivity index (χ0v) is 11.4. The van der Waals surface area contributed by atoms with Crippen LogP contribution in [0.25, 0.3) is 11.0 Å². The number of hydrogen-bond acceptors (Lipinski definition) is 5. The molecule has 0 saturated carbocycles. The van der Waals surface area contributed by atoms with Crippen LogP contribution in [0.5, 0.6) is 0 Å². The molecule has 0 bridgehead atoms. The average Bonchev–Trinajstić information content (AvgIpc) is 2.79. The maximum Gasteiger partial charge on any atom is 0.401 e. The highest BCUT2D eigenvalue weighted by atomic mass is 35.5. The minimum absolute atomic E-state index is 0.245. The lowest BCUT2D eigenvalue weighted by molar-refractivity contribution is -0.126. The topological polar surface area (TPSA) is 66.9 Å². The largest absolute Gasteiger partial charge is 0.401 e. The second-order valence-electron chi connectivity index (χ2n) is 3.82. The Hall–Kier alpha value is -1.45. The number of aromatic nitrogens is 2. The molecule has 10 heteroatoms. The molecule has 2 N–H and O–H groups in total. The van der Waals surface area contributed by atoms with Crippen LogP contribution in [0.2, 0.25) is 5.02 Å². The van der Waals surface area contributed by atoms with Gasteiger partial charge in [-0.25, -0.2) is 0 Å². The number of anilines is 1. The molecular weight excluding hydrogens is 317 g/mol. The lowest BCUT2D eigenvalue weighted by Crippen LogP contribution is -2.35. The van der Waals surface area contributed by atoms with Crippen LogP contribution in [-0.2, 0) is 4.79 Å². The van der Waals surface area contributed by atoms with Gasteiger partial charge in [-0.15, -0.1) is 0 Å². The number of amides is 1. The van der Waals surface area contributed by atoms with E-state index < -0.39 is 25.2 Å². The summed E-state index contributed by atoms with van der Waals surface area (Å²) in [5, 5.41) is 4.67. The zero-order valence-electron chi connectivity index (χ0n) is 9.79. The number of fused-ring (bicyclic) bond motifs is 1. The summed E-state index contributed by atoms with van der Waals surface area (Å²) in [4.78, 5) is 11.6. The normalized spacial score (nSPS) is 11.8. The summed E-state index contributed by atoms with van der Waals surface area (Å²) in [6.45, 7) is -1.72. The van der Waals surface area contributed by atoms with E-state index in [1.165, 1.54) is 6.07 Å².